The number of sulfonamides is 1. The van der Waals surface area contributed by atoms with Gasteiger partial charge < -0.3 is 11.1 Å². The topological polar surface area (TPSA) is 92.5 Å². The first-order valence-corrected chi connectivity index (χ1v) is 11.2. The van der Waals surface area contributed by atoms with Crippen molar-refractivity contribution in [1.29, 1.82) is 0 Å². The van der Waals surface area contributed by atoms with Gasteiger partial charge in [-0.25, -0.2) is 12.7 Å². The van der Waals surface area contributed by atoms with E-state index < -0.39 is 10.0 Å². The first-order valence-electron chi connectivity index (χ1n) is 9.78. The van der Waals surface area contributed by atoms with Gasteiger partial charge in [0.15, 0.2) is 0 Å². The molecule has 1 aromatic carbocycles. The monoisotopic (exact) mass is 393 g/mol. The molecule has 0 saturated heterocycles. The number of carbonyl (C=O) groups excluding carboxylic acids is 1. The number of amides is 1. The van der Waals surface area contributed by atoms with E-state index in [9.17, 15) is 13.2 Å². The van der Waals surface area contributed by atoms with Crippen LogP contribution >= 0.6 is 0 Å². The van der Waals surface area contributed by atoms with Gasteiger partial charge in [-0.15, -0.1) is 0 Å². The largest absolute Gasteiger partial charge is 0.349 e. The van der Waals surface area contributed by atoms with Crippen LogP contribution in [-0.2, 0) is 14.8 Å². The lowest BCUT2D eigenvalue weighted by Gasteiger charge is -2.43. The third kappa shape index (κ3) is 4.20. The van der Waals surface area contributed by atoms with E-state index in [4.69, 9.17) is 5.73 Å². The molecule has 2 aliphatic rings. The Morgan fingerprint density at radius 2 is 1.70 bits per heavy atom. The van der Waals surface area contributed by atoms with Crippen LogP contribution in [0.15, 0.2) is 29.2 Å². The number of hydrogen-bond acceptors (Lipinski definition) is 4. The van der Waals surface area contributed by atoms with Crippen molar-refractivity contribution in [3.05, 3.63) is 29.8 Å². The Morgan fingerprint density at radius 1 is 1.15 bits per heavy atom. The molecule has 3 atom stereocenters. The molecular formula is C20H31N3O3S. The lowest BCUT2D eigenvalue weighted by Crippen LogP contribution is -2.49. The predicted molar refractivity (Wildman–Crippen MR) is 105 cm³/mol. The Bertz CT molecular complexity index is 762. The number of fused-ring (bicyclic) bond motifs is 2. The van der Waals surface area contributed by atoms with Gasteiger partial charge in [0, 0.05) is 26.1 Å². The molecule has 0 spiro atoms. The molecule has 2 fully saturated rings. The van der Waals surface area contributed by atoms with Crippen molar-refractivity contribution < 1.29 is 13.2 Å². The highest BCUT2D eigenvalue weighted by Crippen LogP contribution is 2.42. The molecule has 3 unspecified atom stereocenters. The van der Waals surface area contributed by atoms with Crippen LogP contribution in [0.25, 0.3) is 0 Å². The van der Waals surface area contributed by atoms with Crippen molar-refractivity contribution in [2.45, 2.75) is 56.0 Å². The molecule has 0 aliphatic heterocycles. The van der Waals surface area contributed by atoms with Crippen molar-refractivity contribution in [3.8, 4) is 0 Å². The van der Waals surface area contributed by atoms with Crippen LogP contribution in [0.5, 0.6) is 0 Å². The summed E-state index contributed by atoms with van der Waals surface area (Å²) < 4.78 is 25.5. The second kappa shape index (κ2) is 7.89. The second-order valence-electron chi connectivity index (χ2n) is 8.28. The normalized spacial score (nSPS) is 29.4. The number of nitrogens with two attached hydrogens (primary N) is 1. The van der Waals surface area contributed by atoms with Crippen LogP contribution in [0.3, 0.4) is 0 Å². The minimum Gasteiger partial charge on any atom is -0.349 e. The molecule has 1 amide bonds. The van der Waals surface area contributed by atoms with Crippen LogP contribution in [0.2, 0.25) is 0 Å². The van der Waals surface area contributed by atoms with Gasteiger partial charge in [0.05, 0.1) is 10.9 Å². The van der Waals surface area contributed by atoms with Gasteiger partial charge in [-0.2, -0.15) is 0 Å². The van der Waals surface area contributed by atoms with Gasteiger partial charge >= 0.3 is 0 Å². The van der Waals surface area contributed by atoms with Crippen LogP contribution < -0.4 is 11.1 Å². The molecule has 3 rings (SSSR count). The van der Waals surface area contributed by atoms with Crippen LogP contribution in [0, 0.1) is 17.8 Å². The van der Waals surface area contributed by atoms with E-state index in [1.54, 1.807) is 24.3 Å². The number of nitrogens with zero attached hydrogens (tertiary/aromatic N) is 1. The van der Waals surface area contributed by atoms with E-state index in [-0.39, 0.29) is 28.8 Å². The van der Waals surface area contributed by atoms with Crippen molar-refractivity contribution in [3.63, 3.8) is 0 Å². The predicted octanol–water partition coefficient (Wildman–Crippen LogP) is 2.27. The lowest BCUT2D eigenvalue weighted by atomic mass is 9.65. The molecule has 1 aromatic rings. The summed E-state index contributed by atoms with van der Waals surface area (Å²) in [5.74, 6) is 1.07. The van der Waals surface area contributed by atoms with Crippen molar-refractivity contribution >= 4 is 15.9 Å². The maximum Gasteiger partial charge on any atom is 0.242 e. The Kier molecular flexibility index (Phi) is 5.93. The van der Waals surface area contributed by atoms with Crippen molar-refractivity contribution in [1.82, 2.24) is 9.62 Å². The third-order valence-corrected chi connectivity index (χ3v) is 8.13. The Balaban J connectivity index is 1.63. The zero-order valence-corrected chi connectivity index (χ0v) is 17.2. The molecular weight excluding hydrogens is 362 g/mol. The highest BCUT2D eigenvalue weighted by atomic mass is 32.2. The minimum absolute atomic E-state index is 0.0379. The molecule has 0 aromatic heterocycles. The van der Waals surface area contributed by atoms with Crippen molar-refractivity contribution in [2.75, 3.05) is 14.1 Å². The first-order chi connectivity index (χ1) is 12.7. The van der Waals surface area contributed by atoms with Gasteiger partial charge in [0.1, 0.15) is 0 Å². The Labute approximate surface area is 162 Å². The Morgan fingerprint density at radius 3 is 2.22 bits per heavy atom. The zero-order chi connectivity index (χ0) is 19.8. The molecule has 7 heteroatoms. The van der Waals surface area contributed by atoms with E-state index in [2.05, 4.69) is 5.32 Å². The zero-order valence-electron chi connectivity index (χ0n) is 16.4. The summed E-state index contributed by atoms with van der Waals surface area (Å²) in [6.07, 6.45) is 5.28. The summed E-state index contributed by atoms with van der Waals surface area (Å²) in [6.45, 7) is 1.93. The lowest BCUT2D eigenvalue weighted by molar-refractivity contribution is -0.128. The molecule has 0 heterocycles. The molecule has 3 N–H and O–H groups in total. The van der Waals surface area contributed by atoms with E-state index in [0.717, 1.165) is 31.2 Å². The van der Waals surface area contributed by atoms with E-state index >= 15 is 0 Å². The SMILES string of the molecule is CC(NC(=O)C1CC2CCCC(C1)C2N)c1ccc(S(=O)(=O)N(C)C)cc1. The molecule has 27 heavy (non-hydrogen) atoms. The first kappa shape index (κ1) is 20.3. The molecule has 6 nitrogen and oxygen atoms in total. The summed E-state index contributed by atoms with van der Waals surface area (Å²) in [5.41, 5.74) is 7.22. The van der Waals surface area contributed by atoms with Crippen LogP contribution in [0.1, 0.15) is 50.6 Å². The smallest absolute Gasteiger partial charge is 0.242 e. The third-order valence-electron chi connectivity index (χ3n) is 6.30. The summed E-state index contributed by atoms with van der Waals surface area (Å²) in [4.78, 5) is 13.0. The quantitative estimate of drug-likeness (QED) is 0.803. The number of carbonyl (C=O) groups is 1. The number of benzene rings is 1. The maximum atomic E-state index is 12.8. The minimum atomic E-state index is -3.44. The standard InChI is InChI=1S/C20H31N3O3S/c1-13(14-7-9-18(10-8-14)27(25,26)23(2)3)22-20(24)17-11-15-5-4-6-16(12-17)19(15)21/h7-10,13,15-17,19H,4-6,11-12,21H2,1-3H3,(H,22,24). The van der Waals surface area contributed by atoms with Crippen molar-refractivity contribution in [2.24, 2.45) is 23.5 Å². The maximum absolute atomic E-state index is 12.8. The second-order valence-corrected chi connectivity index (χ2v) is 10.4. The fourth-order valence-corrected chi connectivity index (χ4v) is 5.46. The van der Waals surface area contributed by atoms with E-state index in [1.807, 2.05) is 6.92 Å². The fourth-order valence-electron chi connectivity index (χ4n) is 4.56. The molecule has 2 saturated carbocycles. The summed E-state index contributed by atoms with van der Waals surface area (Å²) >= 11 is 0. The highest BCUT2D eigenvalue weighted by molar-refractivity contribution is 7.89. The molecule has 150 valence electrons. The number of rotatable bonds is 5. The Hall–Kier alpha value is -1.44. The van der Waals surface area contributed by atoms with Crippen LogP contribution in [-0.4, -0.2) is 38.8 Å². The van der Waals surface area contributed by atoms with Gasteiger partial charge in [-0.3, -0.25) is 4.79 Å². The summed E-state index contributed by atoms with van der Waals surface area (Å²) in [6, 6.07) is 6.82. The number of nitrogens with one attached hydrogen (secondary N) is 1. The van der Waals surface area contributed by atoms with Gasteiger partial charge in [0.2, 0.25) is 15.9 Å². The fraction of sp³-hybridized carbons (Fsp3) is 0.650. The molecule has 0 radical (unpaired) electrons. The van der Waals surface area contributed by atoms with Gasteiger partial charge in [-0.05, 0) is 62.1 Å². The average Bonchev–Trinajstić information content (AvgIpc) is 2.61. The molecule has 2 bridgehead atoms. The average molecular weight is 394 g/mol. The van der Waals surface area contributed by atoms with Crippen LogP contribution in [0.4, 0.5) is 0 Å². The highest BCUT2D eigenvalue weighted by Gasteiger charge is 2.40. The van der Waals surface area contributed by atoms with Gasteiger partial charge in [0.25, 0.3) is 0 Å². The molecule has 2 aliphatic carbocycles. The van der Waals surface area contributed by atoms with E-state index in [0.29, 0.717) is 11.8 Å². The van der Waals surface area contributed by atoms with Gasteiger partial charge in [-0.1, -0.05) is 18.6 Å². The summed E-state index contributed by atoms with van der Waals surface area (Å²) in [5, 5.41) is 3.11. The number of hydrogen-bond donors (Lipinski definition) is 2. The summed E-state index contributed by atoms with van der Waals surface area (Å²) in [7, 11) is -0.417. The van der Waals surface area contributed by atoms with E-state index in [1.165, 1.54) is 24.8 Å².